The summed E-state index contributed by atoms with van der Waals surface area (Å²) in [7, 11) is 2.04. The molecule has 0 radical (unpaired) electrons. The number of benzene rings is 1. The van der Waals surface area contributed by atoms with Crippen molar-refractivity contribution in [3.63, 3.8) is 0 Å². The summed E-state index contributed by atoms with van der Waals surface area (Å²) < 4.78 is 2.00. The molecule has 2 fully saturated rings. The molecular weight excluding hydrogens is 236 g/mol. The first-order valence-corrected chi connectivity index (χ1v) is 7.15. The van der Waals surface area contributed by atoms with Crippen LogP contribution in [-0.4, -0.2) is 40.9 Å². The number of aryl methyl sites for hydroxylation is 1. The maximum atomic E-state index is 4.71. The molecule has 4 heteroatoms. The van der Waals surface area contributed by atoms with Crippen molar-refractivity contribution in [1.82, 2.24) is 20.0 Å². The Morgan fingerprint density at radius 1 is 1.21 bits per heavy atom. The van der Waals surface area contributed by atoms with Crippen LogP contribution in [0.15, 0.2) is 24.3 Å². The fourth-order valence-corrected chi connectivity index (χ4v) is 3.70. The number of aromatic nitrogens is 2. The van der Waals surface area contributed by atoms with Crippen LogP contribution in [0.3, 0.4) is 0 Å². The molecule has 0 bridgehead atoms. The average Bonchev–Trinajstić information content (AvgIpc) is 3.05. The second-order valence-electron chi connectivity index (χ2n) is 5.96. The van der Waals surface area contributed by atoms with Crippen molar-refractivity contribution in [2.45, 2.75) is 6.54 Å². The van der Waals surface area contributed by atoms with E-state index in [0.29, 0.717) is 0 Å². The molecular formula is C15H20N4. The van der Waals surface area contributed by atoms with Crippen LogP contribution in [0.4, 0.5) is 0 Å². The number of hydrogen-bond donors (Lipinski definition) is 1. The monoisotopic (exact) mass is 256 g/mol. The third kappa shape index (κ3) is 1.86. The Bertz CT molecular complexity index is 591. The second kappa shape index (κ2) is 4.32. The number of likely N-dealkylation sites (tertiary alicyclic amines) is 1. The normalized spacial score (nSPS) is 27.2. The van der Waals surface area contributed by atoms with Gasteiger partial charge < -0.3 is 5.32 Å². The summed E-state index contributed by atoms with van der Waals surface area (Å²) in [5.41, 5.74) is 2.46. The minimum absolute atomic E-state index is 0.856. The summed E-state index contributed by atoms with van der Waals surface area (Å²) in [5, 5.41) is 9.51. The molecule has 1 aromatic carbocycles. The third-order valence-corrected chi connectivity index (χ3v) is 4.67. The van der Waals surface area contributed by atoms with E-state index >= 15 is 0 Å². The first-order chi connectivity index (χ1) is 9.31. The Kier molecular flexibility index (Phi) is 2.60. The molecule has 0 aliphatic carbocycles. The Labute approximate surface area is 113 Å². The van der Waals surface area contributed by atoms with Crippen molar-refractivity contribution < 1.29 is 0 Å². The number of nitrogens with zero attached hydrogens (tertiary/aromatic N) is 3. The van der Waals surface area contributed by atoms with Gasteiger partial charge in [-0.15, -0.1) is 0 Å². The van der Waals surface area contributed by atoms with Crippen molar-refractivity contribution in [2.75, 3.05) is 26.2 Å². The van der Waals surface area contributed by atoms with Gasteiger partial charge in [-0.1, -0.05) is 18.2 Å². The van der Waals surface area contributed by atoms with Gasteiger partial charge in [0.1, 0.15) is 0 Å². The van der Waals surface area contributed by atoms with E-state index in [2.05, 4.69) is 34.5 Å². The summed E-state index contributed by atoms with van der Waals surface area (Å²) in [6.07, 6.45) is 0. The molecule has 1 aromatic heterocycles. The van der Waals surface area contributed by atoms with Crippen LogP contribution in [-0.2, 0) is 13.6 Å². The van der Waals surface area contributed by atoms with Crippen LogP contribution >= 0.6 is 0 Å². The van der Waals surface area contributed by atoms with Gasteiger partial charge in [0.15, 0.2) is 0 Å². The number of para-hydroxylation sites is 1. The molecule has 3 heterocycles. The Morgan fingerprint density at radius 3 is 2.74 bits per heavy atom. The van der Waals surface area contributed by atoms with Crippen LogP contribution in [0.25, 0.3) is 10.9 Å². The SMILES string of the molecule is Cn1nc(CN2CC3CNCC3C2)c2ccccc21. The van der Waals surface area contributed by atoms with Gasteiger partial charge in [0, 0.05) is 32.1 Å². The highest BCUT2D eigenvalue weighted by molar-refractivity contribution is 5.81. The molecule has 100 valence electrons. The summed E-state index contributed by atoms with van der Waals surface area (Å²) >= 11 is 0. The van der Waals surface area contributed by atoms with Crippen molar-refractivity contribution in [3.8, 4) is 0 Å². The molecule has 4 nitrogen and oxygen atoms in total. The Hall–Kier alpha value is -1.39. The summed E-state index contributed by atoms with van der Waals surface area (Å²) in [4.78, 5) is 2.57. The number of fused-ring (bicyclic) bond motifs is 2. The van der Waals surface area contributed by atoms with Crippen LogP contribution in [0.5, 0.6) is 0 Å². The molecule has 19 heavy (non-hydrogen) atoms. The molecule has 2 aromatic rings. The van der Waals surface area contributed by atoms with Gasteiger partial charge in [0.05, 0.1) is 11.2 Å². The molecule has 1 N–H and O–H groups in total. The Morgan fingerprint density at radius 2 is 1.95 bits per heavy atom. The third-order valence-electron chi connectivity index (χ3n) is 4.67. The second-order valence-corrected chi connectivity index (χ2v) is 5.96. The zero-order chi connectivity index (χ0) is 12.8. The first kappa shape index (κ1) is 11.4. The van der Waals surface area contributed by atoms with E-state index in [1.54, 1.807) is 0 Å². The van der Waals surface area contributed by atoms with E-state index in [9.17, 15) is 0 Å². The van der Waals surface area contributed by atoms with Crippen molar-refractivity contribution >= 4 is 10.9 Å². The topological polar surface area (TPSA) is 33.1 Å². The van der Waals surface area contributed by atoms with Gasteiger partial charge in [0.25, 0.3) is 0 Å². The summed E-state index contributed by atoms with van der Waals surface area (Å²) in [6.45, 7) is 5.84. The van der Waals surface area contributed by atoms with Gasteiger partial charge >= 0.3 is 0 Å². The lowest BCUT2D eigenvalue weighted by molar-refractivity contribution is 0.302. The van der Waals surface area contributed by atoms with Crippen molar-refractivity contribution in [3.05, 3.63) is 30.0 Å². The average molecular weight is 256 g/mol. The molecule has 2 atom stereocenters. The number of nitrogens with one attached hydrogen (secondary N) is 1. The van der Waals surface area contributed by atoms with E-state index in [0.717, 1.165) is 18.4 Å². The summed E-state index contributed by atoms with van der Waals surface area (Å²) in [6, 6.07) is 8.53. The predicted molar refractivity (Wildman–Crippen MR) is 75.8 cm³/mol. The Balaban J connectivity index is 1.59. The maximum absolute atomic E-state index is 4.71. The summed E-state index contributed by atoms with van der Waals surface area (Å²) in [5.74, 6) is 1.71. The lowest BCUT2D eigenvalue weighted by Crippen LogP contribution is -2.25. The van der Waals surface area contributed by atoms with E-state index < -0.39 is 0 Å². The molecule has 2 unspecified atom stereocenters. The number of hydrogen-bond acceptors (Lipinski definition) is 3. The van der Waals surface area contributed by atoms with Gasteiger partial charge in [-0.2, -0.15) is 5.10 Å². The molecule has 0 amide bonds. The zero-order valence-corrected chi connectivity index (χ0v) is 11.3. The fourth-order valence-electron chi connectivity index (χ4n) is 3.70. The largest absolute Gasteiger partial charge is 0.316 e. The minimum Gasteiger partial charge on any atom is -0.316 e. The van der Waals surface area contributed by atoms with Crippen LogP contribution in [0.2, 0.25) is 0 Å². The maximum Gasteiger partial charge on any atom is 0.0843 e. The van der Waals surface area contributed by atoms with Crippen LogP contribution in [0, 0.1) is 11.8 Å². The smallest absolute Gasteiger partial charge is 0.0843 e. The lowest BCUT2D eigenvalue weighted by atomic mass is 10.0. The molecule has 0 saturated carbocycles. The highest BCUT2D eigenvalue weighted by atomic mass is 15.3. The lowest BCUT2D eigenvalue weighted by Gasteiger charge is -2.15. The molecule has 2 aliphatic rings. The molecule has 2 aliphatic heterocycles. The predicted octanol–water partition coefficient (Wildman–Crippen LogP) is 1.22. The van der Waals surface area contributed by atoms with Gasteiger partial charge in [0.2, 0.25) is 0 Å². The van der Waals surface area contributed by atoms with Crippen LogP contribution in [0.1, 0.15) is 5.69 Å². The standard InChI is InChI=1S/C15H20N4/c1-18-15-5-3-2-4-13(15)14(17-18)10-19-8-11-6-16-7-12(11)9-19/h2-5,11-12,16H,6-10H2,1H3. The van der Waals surface area contributed by atoms with Crippen molar-refractivity contribution in [1.29, 1.82) is 0 Å². The van der Waals surface area contributed by atoms with Crippen LogP contribution < -0.4 is 5.32 Å². The molecule has 2 saturated heterocycles. The van der Waals surface area contributed by atoms with Gasteiger partial charge in [-0.25, -0.2) is 0 Å². The van der Waals surface area contributed by atoms with Gasteiger partial charge in [-0.05, 0) is 31.0 Å². The van der Waals surface area contributed by atoms with Gasteiger partial charge in [-0.3, -0.25) is 9.58 Å². The minimum atomic E-state index is 0.856. The molecule has 4 rings (SSSR count). The highest BCUT2D eigenvalue weighted by Gasteiger charge is 2.36. The van der Waals surface area contributed by atoms with Crippen molar-refractivity contribution in [2.24, 2.45) is 18.9 Å². The fraction of sp³-hybridized carbons (Fsp3) is 0.533. The van der Waals surface area contributed by atoms with E-state index in [1.165, 1.54) is 42.8 Å². The first-order valence-electron chi connectivity index (χ1n) is 7.15. The van der Waals surface area contributed by atoms with E-state index in [1.807, 2.05) is 11.7 Å². The van der Waals surface area contributed by atoms with E-state index in [4.69, 9.17) is 5.10 Å². The highest BCUT2D eigenvalue weighted by Crippen LogP contribution is 2.28. The van der Waals surface area contributed by atoms with E-state index in [-0.39, 0.29) is 0 Å². The molecule has 0 spiro atoms. The quantitative estimate of drug-likeness (QED) is 0.877. The zero-order valence-electron chi connectivity index (χ0n) is 11.3. The number of rotatable bonds is 2.